The molecule has 0 amide bonds. The molecule has 0 spiro atoms. The fraction of sp³-hybridized carbons (Fsp3) is 0.267. The molecule has 0 aliphatic rings. The summed E-state index contributed by atoms with van der Waals surface area (Å²) in [4.78, 5) is 10.8. The first kappa shape index (κ1) is 14.3. The molecular weight excluding hydrogens is 261 g/mol. The second kappa shape index (κ2) is 5.88. The Morgan fingerprint density at radius 2 is 2.15 bits per heavy atom. The summed E-state index contributed by atoms with van der Waals surface area (Å²) in [5.74, 6) is -0.891. The molecule has 1 heterocycles. The van der Waals surface area contributed by atoms with Crippen LogP contribution in [0.1, 0.15) is 40.4 Å². The number of rotatable bonds is 5. The smallest absolute Gasteiger partial charge is 0.371 e. The van der Waals surface area contributed by atoms with E-state index in [1.807, 2.05) is 6.92 Å². The van der Waals surface area contributed by atoms with Crippen LogP contribution >= 0.6 is 0 Å². The number of carboxylic acids is 1. The zero-order chi connectivity index (χ0) is 14.7. The standard InChI is InChI=1S/C15H16FNO3/c1-9(12-5-3-4-6-13(12)16)17-8-11-7-14(15(18)19)20-10(11)2/h3-7,9,17H,8H2,1-2H3,(H,18,19). The molecule has 4 nitrogen and oxygen atoms in total. The van der Waals surface area contributed by atoms with Gasteiger partial charge in [0.05, 0.1) is 0 Å². The second-order valence-electron chi connectivity index (χ2n) is 4.62. The largest absolute Gasteiger partial charge is 0.475 e. The van der Waals surface area contributed by atoms with Gasteiger partial charge >= 0.3 is 5.97 Å². The fourth-order valence-corrected chi connectivity index (χ4v) is 2.00. The molecule has 1 atom stereocenters. The highest BCUT2D eigenvalue weighted by Crippen LogP contribution is 2.19. The molecule has 2 rings (SSSR count). The van der Waals surface area contributed by atoms with Gasteiger partial charge in [0.1, 0.15) is 11.6 Å². The average molecular weight is 277 g/mol. The molecule has 2 aromatic rings. The van der Waals surface area contributed by atoms with Crippen molar-refractivity contribution in [3.8, 4) is 0 Å². The van der Waals surface area contributed by atoms with Gasteiger partial charge in [-0.1, -0.05) is 18.2 Å². The van der Waals surface area contributed by atoms with Gasteiger partial charge in [-0.3, -0.25) is 0 Å². The lowest BCUT2D eigenvalue weighted by molar-refractivity contribution is 0.0661. The van der Waals surface area contributed by atoms with E-state index in [1.54, 1.807) is 25.1 Å². The Kier molecular flexibility index (Phi) is 4.20. The Hall–Kier alpha value is -2.14. The molecule has 1 aromatic heterocycles. The predicted molar refractivity (Wildman–Crippen MR) is 72.1 cm³/mol. The van der Waals surface area contributed by atoms with Gasteiger partial charge in [0.15, 0.2) is 0 Å². The van der Waals surface area contributed by atoms with Crippen LogP contribution in [0, 0.1) is 12.7 Å². The Morgan fingerprint density at radius 3 is 2.75 bits per heavy atom. The summed E-state index contributed by atoms with van der Waals surface area (Å²) in [6.07, 6.45) is 0. The van der Waals surface area contributed by atoms with Crippen LogP contribution in [0.2, 0.25) is 0 Å². The molecule has 0 saturated heterocycles. The number of hydrogen-bond acceptors (Lipinski definition) is 3. The van der Waals surface area contributed by atoms with Gasteiger partial charge in [0.25, 0.3) is 0 Å². The quantitative estimate of drug-likeness (QED) is 0.880. The van der Waals surface area contributed by atoms with E-state index in [1.165, 1.54) is 12.1 Å². The van der Waals surface area contributed by atoms with E-state index < -0.39 is 5.97 Å². The number of furan rings is 1. The van der Waals surface area contributed by atoms with Crippen molar-refractivity contribution in [3.05, 3.63) is 58.8 Å². The summed E-state index contributed by atoms with van der Waals surface area (Å²) in [6.45, 7) is 3.97. The Labute approximate surface area is 116 Å². The third kappa shape index (κ3) is 3.05. The molecule has 5 heteroatoms. The van der Waals surface area contributed by atoms with Crippen LogP contribution in [-0.2, 0) is 6.54 Å². The SMILES string of the molecule is Cc1oc(C(=O)O)cc1CNC(C)c1ccccc1F. The Bertz CT molecular complexity index is 621. The summed E-state index contributed by atoms with van der Waals surface area (Å²) >= 11 is 0. The molecular formula is C15H16FNO3. The highest BCUT2D eigenvalue weighted by molar-refractivity contribution is 5.84. The molecule has 0 fully saturated rings. The van der Waals surface area contributed by atoms with E-state index in [2.05, 4.69) is 5.32 Å². The zero-order valence-corrected chi connectivity index (χ0v) is 11.3. The number of aromatic carboxylic acids is 1. The predicted octanol–water partition coefficient (Wildman–Crippen LogP) is 3.28. The monoisotopic (exact) mass is 277 g/mol. The summed E-state index contributed by atoms with van der Waals surface area (Å²) in [5.41, 5.74) is 1.33. The number of benzene rings is 1. The molecule has 1 aromatic carbocycles. The van der Waals surface area contributed by atoms with Gasteiger partial charge in [0.2, 0.25) is 5.76 Å². The maximum Gasteiger partial charge on any atom is 0.371 e. The van der Waals surface area contributed by atoms with Crippen molar-refractivity contribution in [2.24, 2.45) is 0 Å². The second-order valence-corrected chi connectivity index (χ2v) is 4.62. The Balaban J connectivity index is 2.05. The van der Waals surface area contributed by atoms with E-state index in [0.717, 1.165) is 5.56 Å². The van der Waals surface area contributed by atoms with Crippen molar-refractivity contribution in [3.63, 3.8) is 0 Å². The van der Waals surface area contributed by atoms with E-state index >= 15 is 0 Å². The van der Waals surface area contributed by atoms with Crippen LogP contribution in [0.4, 0.5) is 4.39 Å². The number of halogens is 1. The minimum absolute atomic E-state index is 0.0853. The highest BCUT2D eigenvalue weighted by atomic mass is 19.1. The zero-order valence-electron chi connectivity index (χ0n) is 11.3. The summed E-state index contributed by atoms with van der Waals surface area (Å²) in [5, 5.41) is 12.0. The van der Waals surface area contributed by atoms with Gasteiger partial charge in [-0.05, 0) is 26.0 Å². The lowest BCUT2D eigenvalue weighted by Crippen LogP contribution is -2.19. The molecule has 0 radical (unpaired) electrons. The average Bonchev–Trinajstić information content (AvgIpc) is 2.78. The summed E-state index contributed by atoms with van der Waals surface area (Å²) < 4.78 is 18.7. The number of carboxylic acid groups (broad SMARTS) is 1. The topological polar surface area (TPSA) is 62.5 Å². The van der Waals surface area contributed by atoms with Crippen molar-refractivity contribution >= 4 is 5.97 Å². The first-order valence-electron chi connectivity index (χ1n) is 6.29. The summed E-state index contributed by atoms with van der Waals surface area (Å²) in [7, 11) is 0. The van der Waals surface area contributed by atoms with E-state index in [-0.39, 0.29) is 17.6 Å². The molecule has 106 valence electrons. The van der Waals surface area contributed by atoms with Crippen LogP contribution in [0.15, 0.2) is 34.7 Å². The highest BCUT2D eigenvalue weighted by Gasteiger charge is 2.15. The minimum atomic E-state index is -1.10. The normalized spacial score (nSPS) is 12.3. The Morgan fingerprint density at radius 1 is 1.45 bits per heavy atom. The molecule has 0 saturated carbocycles. The van der Waals surface area contributed by atoms with Crippen molar-refractivity contribution in [2.75, 3.05) is 0 Å². The van der Waals surface area contributed by atoms with Crippen molar-refractivity contribution in [1.29, 1.82) is 0 Å². The number of nitrogens with one attached hydrogen (secondary N) is 1. The van der Waals surface area contributed by atoms with Crippen molar-refractivity contribution in [2.45, 2.75) is 26.4 Å². The number of carbonyl (C=O) groups is 1. The minimum Gasteiger partial charge on any atom is -0.475 e. The van der Waals surface area contributed by atoms with Crippen LogP contribution in [0.3, 0.4) is 0 Å². The van der Waals surface area contributed by atoms with Crippen LogP contribution in [-0.4, -0.2) is 11.1 Å². The third-order valence-corrected chi connectivity index (χ3v) is 3.20. The van der Waals surface area contributed by atoms with Gasteiger partial charge < -0.3 is 14.8 Å². The molecule has 0 bridgehead atoms. The lowest BCUT2D eigenvalue weighted by Gasteiger charge is -2.14. The fourth-order valence-electron chi connectivity index (χ4n) is 2.00. The van der Waals surface area contributed by atoms with E-state index in [9.17, 15) is 9.18 Å². The van der Waals surface area contributed by atoms with Gasteiger partial charge in [0, 0.05) is 23.7 Å². The van der Waals surface area contributed by atoms with Crippen molar-refractivity contribution in [1.82, 2.24) is 5.32 Å². The van der Waals surface area contributed by atoms with Gasteiger partial charge in [-0.15, -0.1) is 0 Å². The molecule has 2 N–H and O–H groups in total. The maximum atomic E-state index is 13.6. The molecule has 1 unspecified atom stereocenters. The van der Waals surface area contributed by atoms with E-state index in [4.69, 9.17) is 9.52 Å². The van der Waals surface area contributed by atoms with Crippen LogP contribution in [0.5, 0.6) is 0 Å². The van der Waals surface area contributed by atoms with Crippen LogP contribution in [0.25, 0.3) is 0 Å². The molecule has 0 aliphatic heterocycles. The molecule has 0 aliphatic carbocycles. The third-order valence-electron chi connectivity index (χ3n) is 3.20. The van der Waals surface area contributed by atoms with Gasteiger partial charge in [-0.25, -0.2) is 9.18 Å². The number of aryl methyl sites for hydroxylation is 1. The van der Waals surface area contributed by atoms with E-state index in [0.29, 0.717) is 17.9 Å². The first-order chi connectivity index (χ1) is 9.49. The summed E-state index contributed by atoms with van der Waals surface area (Å²) in [6, 6.07) is 7.86. The molecule has 20 heavy (non-hydrogen) atoms. The van der Waals surface area contributed by atoms with Crippen molar-refractivity contribution < 1.29 is 18.7 Å². The lowest BCUT2D eigenvalue weighted by atomic mass is 10.1. The van der Waals surface area contributed by atoms with Gasteiger partial charge in [-0.2, -0.15) is 0 Å². The van der Waals surface area contributed by atoms with Crippen LogP contribution < -0.4 is 5.32 Å². The number of hydrogen-bond donors (Lipinski definition) is 2. The first-order valence-corrected chi connectivity index (χ1v) is 6.29. The maximum absolute atomic E-state index is 13.6.